The van der Waals surface area contributed by atoms with Crippen molar-refractivity contribution in [3.63, 3.8) is 0 Å². The van der Waals surface area contributed by atoms with E-state index in [4.69, 9.17) is 0 Å². The molecule has 0 radical (unpaired) electrons. The zero-order valence-corrected chi connectivity index (χ0v) is 14.2. The number of carbonyl (C=O) groups excluding carboxylic acids is 3. The number of carbonyl (C=O) groups is 3. The van der Waals surface area contributed by atoms with Crippen LogP contribution in [0.2, 0.25) is 0 Å². The van der Waals surface area contributed by atoms with Gasteiger partial charge in [-0.25, -0.2) is 0 Å². The van der Waals surface area contributed by atoms with Crippen LogP contribution in [0.25, 0.3) is 0 Å². The van der Waals surface area contributed by atoms with Crippen LogP contribution in [0.5, 0.6) is 0 Å². The lowest BCUT2D eigenvalue weighted by Crippen LogP contribution is -3.12. The maximum Gasteiger partial charge on any atom is 0.288 e. The number of benzene rings is 1. The molecule has 1 fully saturated rings. The van der Waals surface area contributed by atoms with Crippen molar-refractivity contribution in [3.8, 4) is 0 Å². The van der Waals surface area contributed by atoms with E-state index in [1.54, 1.807) is 0 Å². The Hall–Kier alpha value is -1.86. The van der Waals surface area contributed by atoms with Gasteiger partial charge in [0.25, 0.3) is 11.1 Å². The molecule has 0 aliphatic carbocycles. The van der Waals surface area contributed by atoms with Crippen molar-refractivity contribution in [2.75, 3.05) is 25.9 Å². The zero-order chi connectivity index (χ0) is 16.8. The van der Waals surface area contributed by atoms with Crippen molar-refractivity contribution in [1.29, 1.82) is 0 Å². The van der Waals surface area contributed by atoms with Gasteiger partial charge in [0.2, 0.25) is 5.91 Å². The molecule has 0 saturated carbocycles. The fraction of sp³-hybridized carbons (Fsp3) is 0.438. The molecular formula is C16H22N3O3S+. The quantitative estimate of drug-likeness (QED) is 0.730. The van der Waals surface area contributed by atoms with Crippen LogP contribution in [0.3, 0.4) is 0 Å². The molecule has 0 bridgehead atoms. The number of hydrogen-bond acceptors (Lipinski definition) is 4. The van der Waals surface area contributed by atoms with Crippen molar-refractivity contribution in [2.45, 2.75) is 19.5 Å². The molecule has 124 valence electrons. The second-order valence-corrected chi connectivity index (χ2v) is 6.55. The van der Waals surface area contributed by atoms with Crippen LogP contribution < -0.4 is 10.2 Å². The summed E-state index contributed by atoms with van der Waals surface area (Å²) in [5.41, 5.74) is 1.18. The van der Waals surface area contributed by atoms with E-state index in [0.29, 0.717) is 6.54 Å². The summed E-state index contributed by atoms with van der Waals surface area (Å²) in [6, 6.07) is 9.79. The van der Waals surface area contributed by atoms with E-state index < -0.39 is 0 Å². The Bertz CT molecular complexity index is 563. The summed E-state index contributed by atoms with van der Waals surface area (Å²) in [6.45, 7) is 3.16. The molecule has 1 unspecified atom stereocenters. The van der Waals surface area contributed by atoms with Gasteiger partial charge in [-0.05, 0) is 6.92 Å². The highest BCUT2D eigenvalue weighted by Gasteiger charge is 2.29. The molecule has 0 aromatic heterocycles. The SMILES string of the molecule is C[C@@H](C(=O)NCCN1C(=O)CSC1=O)[NH+](C)Cc1ccccc1. The van der Waals surface area contributed by atoms with Crippen molar-refractivity contribution >= 4 is 28.8 Å². The lowest BCUT2D eigenvalue weighted by Gasteiger charge is -2.21. The third-order valence-electron chi connectivity index (χ3n) is 3.93. The third-order valence-corrected chi connectivity index (χ3v) is 4.79. The number of likely N-dealkylation sites (N-methyl/N-ethyl adjacent to an activating group) is 1. The number of amides is 3. The highest BCUT2D eigenvalue weighted by Crippen LogP contribution is 2.17. The predicted molar refractivity (Wildman–Crippen MR) is 89.1 cm³/mol. The molecule has 7 heteroatoms. The van der Waals surface area contributed by atoms with Crippen LogP contribution in [0.15, 0.2) is 30.3 Å². The molecule has 1 aromatic carbocycles. The minimum Gasteiger partial charge on any atom is -0.349 e. The summed E-state index contributed by atoms with van der Waals surface area (Å²) in [7, 11) is 1.97. The highest BCUT2D eigenvalue weighted by molar-refractivity contribution is 8.14. The van der Waals surface area contributed by atoms with Gasteiger partial charge in [0.15, 0.2) is 6.04 Å². The Labute approximate surface area is 140 Å². The molecule has 0 spiro atoms. The molecule has 6 nitrogen and oxygen atoms in total. The van der Waals surface area contributed by atoms with E-state index in [9.17, 15) is 14.4 Å². The molecular weight excluding hydrogens is 314 g/mol. The lowest BCUT2D eigenvalue weighted by molar-refractivity contribution is -0.908. The molecule has 3 amide bonds. The monoisotopic (exact) mass is 336 g/mol. The number of nitrogens with one attached hydrogen (secondary N) is 2. The van der Waals surface area contributed by atoms with E-state index in [-0.39, 0.29) is 35.4 Å². The Balaban J connectivity index is 1.76. The van der Waals surface area contributed by atoms with Gasteiger partial charge in [-0.15, -0.1) is 0 Å². The molecule has 1 aliphatic rings. The Kier molecular flexibility index (Phi) is 6.18. The van der Waals surface area contributed by atoms with E-state index in [1.165, 1.54) is 10.5 Å². The third kappa shape index (κ3) is 4.80. The first-order valence-corrected chi connectivity index (χ1v) is 8.58. The first-order chi connectivity index (χ1) is 11.0. The van der Waals surface area contributed by atoms with Gasteiger partial charge in [-0.3, -0.25) is 19.3 Å². The molecule has 2 N–H and O–H groups in total. The van der Waals surface area contributed by atoms with Crippen molar-refractivity contribution in [1.82, 2.24) is 10.2 Å². The van der Waals surface area contributed by atoms with Crippen LogP contribution in [-0.2, 0) is 16.1 Å². The second-order valence-electron chi connectivity index (χ2n) is 5.62. The van der Waals surface area contributed by atoms with Gasteiger partial charge in [0.1, 0.15) is 6.54 Å². The van der Waals surface area contributed by atoms with Crippen LogP contribution >= 0.6 is 11.8 Å². The van der Waals surface area contributed by atoms with Crippen LogP contribution in [0.4, 0.5) is 4.79 Å². The zero-order valence-electron chi connectivity index (χ0n) is 13.4. The summed E-state index contributed by atoms with van der Waals surface area (Å²) in [4.78, 5) is 37.4. The van der Waals surface area contributed by atoms with Gasteiger partial charge < -0.3 is 10.2 Å². The van der Waals surface area contributed by atoms with E-state index in [1.807, 2.05) is 44.3 Å². The van der Waals surface area contributed by atoms with Gasteiger partial charge >= 0.3 is 0 Å². The van der Waals surface area contributed by atoms with E-state index in [0.717, 1.165) is 23.2 Å². The van der Waals surface area contributed by atoms with Crippen molar-refractivity contribution in [2.24, 2.45) is 0 Å². The smallest absolute Gasteiger partial charge is 0.288 e. The Morgan fingerprint density at radius 3 is 2.65 bits per heavy atom. The van der Waals surface area contributed by atoms with E-state index >= 15 is 0 Å². The van der Waals surface area contributed by atoms with Gasteiger partial charge in [0.05, 0.1) is 12.8 Å². The Morgan fingerprint density at radius 1 is 1.35 bits per heavy atom. The number of thioether (sulfide) groups is 1. The average Bonchev–Trinajstić information content (AvgIpc) is 2.86. The predicted octanol–water partition coefficient (Wildman–Crippen LogP) is -0.0986. The fourth-order valence-electron chi connectivity index (χ4n) is 2.34. The summed E-state index contributed by atoms with van der Waals surface area (Å²) in [5, 5.41) is 2.57. The van der Waals surface area contributed by atoms with Crippen molar-refractivity contribution < 1.29 is 19.3 Å². The van der Waals surface area contributed by atoms with Gasteiger partial charge in [-0.2, -0.15) is 0 Å². The molecule has 1 aliphatic heterocycles. The minimum absolute atomic E-state index is 0.0785. The molecule has 1 heterocycles. The van der Waals surface area contributed by atoms with Crippen LogP contribution in [0, 0.1) is 0 Å². The summed E-state index contributed by atoms with van der Waals surface area (Å²) in [6.07, 6.45) is 0. The average molecular weight is 336 g/mol. The van der Waals surface area contributed by atoms with Gasteiger partial charge in [-0.1, -0.05) is 42.1 Å². The number of nitrogens with zero attached hydrogens (tertiary/aromatic N) is 1. The number of hydrogen-bond donors (Lipinski definition) is 2. The minimum atomic E-state index is -0.232. The molecule has 23 heavy (non-hydrogen) atoms. The maximum absolute atomic E-state index is 12.2. The summed E-state index contributed by atoms with van der Waals surface area (Å²) >= 11 is 1.01. The number of imide groups is 1. The summed E-state index contributed by atoms with van der Waals surface area (Å²) < 4.78 is 0. The topological polar surface area (TPSA) is 70.9 Å². The highest BCUT2D eigenvalue weighted by atomic mass is 32.2. The van der Waals surface area contributed by atoms with Crippen molar-refractivity contribution in [3.05, 3.63) is 35.9 Å². The normalized spacial score (nSPS) is 17.2. The second kappa shape index (κ2) is 8.12. The largest absolute Gasteiger partial charge is 0.349 e. The number of rotatable bonds is 7. The standard InChI is InChI=1S/C16H21N3O3S/c1-12(18(2)10-13-6-4-3-5-7-13)15(21)17-8-9-19-14(20)11-23-16(19)22/h3-7,12H,8-11H2,1-2H3,(H,17,21)/p+1/t12-/m0/s1. The molecule has 1 aromatic rings. The van der Waals surface area contributed by atoms with Gasteiger partial charge in [0, 0.05) is 18.7 Å². The summed E-state index contributed by atoms with van der Waals surface area (Å²) in [5.74, 6) is -0.0630. The lowest BCUT2D eigenvalue weighted by atomic mass is 10.2. The van der Waals surface area contributed by atoms with E-state index in [2.05, 4.69) is 5.32 Å². The molecule has 2 rings (SSSR count). The Morgan fingerprint density at radius 2 is 2.04 bits per heavy atom. The first kappa shape index (κ1) is 17.5. The fourth-order valence-corrected chi connectivity index (χ4v) is 3.09. The first-order valence-electron chi connectivity index (χ1n) is 7.60. The molecule has 2 atom stereocenters. The number of quaternary nitrogens is 1. The maximum atomic E-state index is 12.2. The van der Waals surface area contributed by atoms with Crippen LogP contribution in [0.1, 0.15) is 12.5 Å². The van der Waals surface area contributed by atoms with Crippen LogP contribution in [-0.4, -0.2) is 53.9 Å². The molecule has 1 saturated heterocycles.